The Morgan fingerprint density at radius 1 is 1.14 bits per heavy atom. The van der Waals surface area contributed by atoms with Crippen LogP contribution in [0.5, 0.6) is 0 Å². The van der Waals surface area contributed by atoms with Crippen LogP contribution in [0.3, 0.4) is 0 Å². The van der Waals surface area contributed by atoms with Crippen molar-refractivity contribution in [1.82, 2.24) is 15.0 Å². The van der Waals surface area contributed by atoms with Crippen molar-refractivity contribution in [2.45, 2.75) is 44.2 Å². The molecule has 1 aliphatic carbocycles. The molecule has 22 heavy (non-hydrogen) atoms. The number of hydrogen-bond acceptors (Lipinski definition) is 5. The van der Waals surface area contributed by atoms with Crippen LogP contribution in [0.4, 0.5) is 5.82 Å². The molecule has 6 heteroatoms. The van der Waals surface area contributed by atoms with Crippen molar-refractivity contribution >= 4 is 28.5 Å². The Morgan fingerprint density at radius 3 is 2.59 bits per heavy atom. The summed E-state index contributed by atoms with van der Waals surface area (Å²) in [5, 5.41) is 0.279. The van der Waals surface area contributed by atoms with Gasteiger partial charge in [-0.1, -0.05) is 12.8 Å². The van der Waals surface area contributed by atoms with Crippen molar-refractivity contribution in [3.63, 3.8) is 0 Å². The first-order valence-corrected chi connectivity index (χ1v) is 8.29. The molecule has 1 atom stereocenters. The maximum atomic E-state index is 6.11. The topological polar surface area (TPSA) is 51.1 Å². The van der Waals surface area contributed by atoms with Crippen molar-refractivity contribution in [2.75, 3.05) is 18.6 Å². The fraction of sp³-hybridized carbons (Fsp3) is 0.562. The molecule has 2 aromatic heterocycles. The van der Waals surface area contributed by atoms with Crippen LogP contribution >= 0.6 is 11.6 Å². The lowest BCUT2D eigenvalue weighted by atomic mass is 10.1. The van der Waals surface area contributed by atoms with E-state index in [0.717, 1.165) is 35.6 Å². The van der Waals surface area contributed by atoms with Gasteiger partial charge in [-0.15, -0.1) is 0 Å². The molecule has 5 nitrogen and oxygen atoms in total. The van der Waals surface area contributed by atoms with Crippen molar-refractivity contribution in [1.29, 1.82) is 0 Å². The molecule has 0 amide bonds. The number of ether oxygens (including phenoxy) is 1. The zero-order chi connectivity index (χ0) is 15.1. The minimum Gasteiger partial charge on any atom is -0.372 e. The summed E-state index contributed by atoms with van der Waals surface area (Å²) in [6.07, 6.45) is 6.10. The van der Waals surface area contributed by atoms with Gasteiger partial charge in [-0.25, -0.2) is 9.97 Å². The number of halogens is 1. The number of aromatic nitrogens is 3. The highest BCUT2D eigenvalue weighted by Crippen LogP contribution is 2.33. The van der Waals surface area contributed by atoms with Gasteiger partial charge in [0.15, 0.2) is 5.82 Å². The quantitative estimate of drug-likeness (QED) is 0.810. The summed E-state index contributed by atoms with van der Waals surface area (Å²) in [5.41, 5.74) is 2.58. The van der Waals surface area contributed by atoms with E-state index in [1.54, 1.807) is 0 Å². The number of nitrogens with zero attached hydrogens (tertiary/aromatic N) is 4. The highest BCUT2D eigenvalue weighted by Gasteiger charge is 2.26. The van der Waals surface area contributed by atoms with E-state index >= 15 is 0 Å². The second-order valence-corrected chi connectivity index (χ2v) is 6.46. The van der Waals surface area contributed by atoms with Crippen LogP contribution in [-0.2, 0) is 4.74 Å². The predicted molar refractivity (Wildman–Crippen MR) is 86.3 cm³/mol. The van der Waals surface area contributed by atoms with Crippen molar-refractivity contribution < 1.29 is 4.74 Å². The molecular formula is C16H19ClN4O. The number of fused-ring (bicyclic) bond motifs is 1. The van der Waals surface area contributed by atoms with Crippen molar-refractivity contribution in [3.8, 4) is 0 Å². The van der Waals surface area contributed by atoms with Crippen molar-refractivity contribution in [2.24, 2.45) is 0 Å². The molecule has 1 saturated carbocycles. The molecule has 0 bridgehead atoms. The molecule has 1 aliphatic heterocycles. The van der Waals surface area contributed by atoms with Crippen LogP contribution in [0.2, 0.25) is 5.28 Å². The van der Waals surface area contributed by atoms with Crippen LogP contribution in [0.1, 0.15) is 43.9 Å². The van der Waals surface area contributed by atoms with Crippen molar-refractivity contribution in [3.05, 3.63) is 23.1 Å². The summed E-state index contributed by atoms with van der Waals surface area (Å²) in [6, 6.07) is 4.47. The van der Waals surface area contributed by atoms with Crippen LogP contribution in [0.15, 0.2) is 12.1 Å². The first kappa shape index (κ1) is 14.2. The van der Waals surface area contributed by atoms with E-state index in [9.17, 15) is 0 Å². The molecule has 2 fully saturated rings. The molecular weight excluding hydrogens is 300 g/mol. The summed E-state index contributed by atoms with van der Waals surface area (Å²) >= 11 is 6.11. The number of rotatable bonds is 3. The van der Waals surface area contributed by atoms with Gasteiger partial charge in [0.2, 0.25) is 5.28 Å². The minimum absolute atomic E-state index is 0.115. The maximum absolute atomic E-state index is 6.11. The molecule has 4 rings (SSSR count). The fourth-order valence-corrected chi connectivity index (χ4v) is 3.52. The Kier molecular flexibility index (Phi) is 3.62. The van der Waals surface area contributed by atoms with Crippen LogP contribution in [-0.4, -0.2) is 34.6 Å². The Morgan fingerprint density at radius 2 is 1.91 bits per heavy atom. The Balaban J connectivity index is 1.79. The standard InChI is InChI=1S/C16H19ClN4O/c1-21(10-4-2-3-5-10)15-14-12(19-16(17)20-15)7-6-11(18-14)13-8-9-22-13/h6-7,10,13H,2-5,8-9H2,1H3. The lowest BCUT2D eigenvalue weighted by molar-refractivity contribution is -0.0550. The van der Waals surface area contributed by atoms with Gasteiger partial charge in [-0.05, 0) is 36.6 Å². The number of hydrogen-bond donors (Lipinski definition) is 0. The van der Waals surface area contributed by atoms with Gasteiger partial charge in [-0.2, -0.15) is 4.98 Å². The van der Waals surface area contributed by atoms with Gasteiger partial charge < -0.3 is 9.64 Å². The first-order chi connectivity index (χ1) is 10.7. The monoisotopic (exact) mass is 318 g/mol. The maximum Gasteiger partial charge on any atom is 0.225 e. The van der Waals surface area contributed by atoms with Crippen LogP contribution < -0.4 is 4.90 Å². The summed E-state index contributed by atoms with van der Waals surface area (Å²) in [6.45, 7) is 0.816. The summed E-state index contributed by atoms with van der Waals surface area (Å²) in [7, 11) is 2.09. The van der Waals surface area contributed by atoms with E-state index < -0.39 is 0 Å². The van der Waals surface area contributed by atoms with E-state index in [1.807, 2.05) is 12.1 Å². The average Bonchev–Trinajstić information content (AvgIpc) is 2.98. The molecule has 0 N–H and O–H groups in total. The zero-order valence-electron chi connectivity index (χ0n) is 12.6. The molecule has 0 spiro atoms. The second kappa shape index (κ2) is 5.63. The van der Waals surface area contributed by atoms with E-state index in [-0.39, 0.29) is 11.4 Å². The Hall–Kier alpha value is -1.46. The Labute approximate surface area is 134 Å². The molecule has 0 aromatic carbocycles. The third kappa shape index (κ3) is 2.42. The number of anilines is 1. The Bertz CT molecular complexity index is 698. The highest BCUT2D eigenvalue weighted by molar-refractivity contribution is 6.28. The molecule has 3 heterocycles. The number of pyridine rings is 1. The molecule has 1 unspecified atom stereocenters. The summed E-state index contributed by atoms with van der Waals surface area (Å²) < 4.78 is 5.55. The van der Waals surface area contributed by atoms with Gasteiger partial charge in [-0.3, -0.25) is 0 Å². The average molecular weight is 319 g/mol. The zero-order valence-corrected chi connectivity index (χ0v) is 13.4. The first-order valence-electron chi connectivity index (χ1n) is 7.91. The van der Waals surface area contributed by atoms with Crippen LogP contribution in [0, 0.1) is 0 Å². The fourth-order valence-electron chi connectivity index (χ4n) is 3.35. The van der Waals surface area contributed by atoms with Gasteiger partial charge in [0.05, 0.1) is 17.8 Å². The third-order valence-electron chi connectivity index (χ3n) is 4.75. The third-order valence-corrected chi connectivity index (χ3v) is 4.92. The largest absolute Gasteiger partial charge is 0.372 e. The molecule has 2 aromatic rings. The normalized spacial score (nSPS) is 22.0. The smallest absolute Gasteiger partial charge is 0.225 e. The summed E-state index contributed by atoms with van der Waals surface area (Å²) in [5.74, 6) is 0.836. The van der Waals surface area contributed by atoms with E-state index in [4.69, 9.17) is 21.3 Å². The van der Waals surface area contributed by atoms with Gasteiger partial charge in [0, 0.05) is 19.5 Å². The minimum atomic E-state index is 0.115. The SMILES string of the molecule is CN(c1nc(Cl)nc2ccc(C3CCO3)nc12)C1CCCC1. The van der Waals surface area contributed by atoms with Gasteiger partial charge in [0.1, 0.15) is 11.6 Å². The summed E-state index contributed by atoms with van der Waals surface area (Å²) in [4.78, 5) is 15.8. The molecule has 1 saturated heterocycles. The molecule has 0 radical (unpaired) electrons. The van der Waals surface area contributed by atoms with Crippen LogP contribution in [0.25, 0.3) is 11.0 Å². The predicted octanol–water partition coefficient (Wildman–Crippen LogP) is 3.52. The highest BCUT2D eigenvalue weighted by atomic mass is 35.5. The lowest BCUT2D eigenvalue weighted by Crippen LogP contribution is -2.30. The second-order valence-electron chi connectivity index (χ2n) is 6.12. The molecule has 2 aliphatic rings. The van der Waals surface area contributed by atoms with E-state index in [0.29, 0.717) is 6.04 Å². The van der Waals surface area contributed by atoms with E-state index in [2.05, 4.69) is 21.9 Å². The lowest BCUT2D eigenvalue weighted by Gasteiger charge is -2.28. The molecule has 116 valence electrons. The van der Waals surface area contributed by atoms with Gasteiger partial charge in [0.25, 0.3) is 0 Å². The van der Waals surface area contributed by atoms with Gasteiger partial charge >= 0.3 is 0 Å². The van der Waals surface area contributed by atoms with E-state index in [1.165, 1.54) is 25.7 Å².